The van der Waals surface area contributed by atoms with E-state index in [2.05, 4.69) is 15.5 Å². The number of nitrogens with one attached hydrogen (secondary N) is 1. The number of amides is 1. The van der Waals surface area contributed by atoms with Crippen LogP contribution in [0.4, 0.5) is 10.8 Å². The quantitative estimate of drug-likeness (QED) is 0.383. The topological polar surface area (TPSA) is 92.3 Å². The molecule has 1 amide bonds. The van der Waals surface area contributed by atoms with Crippen LogP contribution in [0.25, 0.3) is 0 Å². The SMILES string of the molecule is CSc1ccc(S(=O)(=O)N(CC(=O)Nc2nnc(SC)s2)c2ccc(C)cc2)cc1. The largest absolute Gasteiger partial charge is 0.299 e. The molecule has 7 nitrogen and oxygen atoms in total. The molecule has 0 saturated carbocycles. The number of rotatable bonds is 8. The van der Waals surface area contributed by atoms with Crippen LogP contribution in [0.2, 0.25) is 0 Å². The second kappa shape index (κ2) is 9.82. The Balaban J connectivity index is 1.91. The Labute approximate surface area is 188 Å². The number of aromatic nitrogens is 2. The molecule has 11 heteroatoms. The summed E-state index contributed by atoms with van der Waals surface area (Å²) in [5.41, 5.74) is 1.40. The first-order valence-corrected chi connectivity index (χ1v) is 13.4. The molecular weight excluding hydrogens is 461 g/mol. The number of sulfonamides is 1. The average Bonchev–Trinajstić information content (AvgIpc) is 3.20. The Morgan fingerprint density at radius 2 is 1.70 bits per heavy atom. The summed E-state index contributed by atoms with van der Waals surface area (Å²) in [6, 6.07) is 13.6. The first-order valence-electron chi connectivity index (χ1n) is 8.74. The Morgan fingerprint density at radius 1 is 1.03 bits per heavy atom. The number of benzene rings is 2. The zero-order chi connectivity index (χ0) is 21.7. The van der Waals surface area contributed by atoms with Gasteiger partial charge in [-0.1, -0.05) is 40.8 Å². The van der Waals surface area contributed by atoms with E-state index in [1.165, 1.54) is 34.9 Å². The van der Waals surface area contributed by atoms with Crippen LogP contribution in [0.15, 0.2) is 62.7 Å². The Hall–Kier alpha value is -2.08. The number of aryl methyl sites for hydroxylation is 1. The third-order valence-electron chi connectivity index (χ3n) is 4.08. The van der Waals surface area contributed by atoms with Crippen molar-refractivity contribution in [1.29, 1.82) is 0 Å². The predicted molar refractivity (Wildman–Crippen MR) is 124 cm³/mol. The summed E-state index contributed by atoms with van der Waals surface area (Å²) in [7, 11) is -3.95. The van der Waals surface area contributed by atoms with Gasteiger partial charge in [0.05, 0.1) is 10.6 Å². The number of hydrogen-bond acceptors (Lipinski definition) is 8. The highest BCUT2D eigenvalue weighted by atomic mass is 32.2. The molecule has 0 bridgehead atoms. The minimum absolute atomic E-state index is 0.120. The first-order chi connectivity index (χ1) is 14.3. The molecule has 0 fully saturated rings. The number of hydrogen-bond donors (Lipinski definition) is 1. The summed E-state index contributed by atoms with van der Waals surface area (Å²) < 4.78 is 28.5. The Bertz CT molecular complexity index is 1110. The van der Waals surface area contributed by atoms with Gasteiger partial charge < -0.3 is 0 Å². The van der Waals surface area contributed by atoms with E-state index in [1.807, 2.05) is 31.6 Å². The van der Waals surface area contributed by atoms with Crippen molar-refractivity contribution in [2.75, 3.05) is 28.7 Å². The van der Waals surface area contributed by atoms with E-state index in [-0.39, 0.29) is 11.4 Å². The lowest BCUT2D eigenvalue weighted by molar-refractivity contribution is -0.114. The zero-order valence-corrected chi connectivity index (χ0v) is 19.8. The number of carbonyl (C=O) groups is 1. The normalized spacial score (nSPS) is 11.3. The molecule has 2 aromatic carbocycles. The van der Waals surface area contributed by atoms with Gasteiger partial charge in [-0.3, -0.25) is 14.4 Å². The van der Waals surface area contributed by atoms with Crippen molar-refractivity contribution in [1.82, 2.24) is 10.2 Å². The van der Waals surface area contributed by atoms with E-state index in [0.29, 0.717) is 15.2 Å². The van der Waals surface area contributed by atoms with Crippen molar-refractivity contribution < 1.29 is 13.2 Å². The van der Waals surface area contributed by atoms with E-state index < -0.39 is 15.9 Å². The maximum atomic E-state index is 13.4. The van der Waals surface area contributed by atoms with Crippen molar-refractivity contribution in [2.24, 2.45) is 0 Å². The molecule has 0 saturated heterocycles. The summed E-state index contributed by atoms with van der Waals surface area (Å²) in [4.78, 5) is 13.7. The summed E-state index contributed by atoms with van der Waals surface area (Å²) in [6.45, 7) is 1.53. The standard InChI is InChI=1S/C19H20N4O3S4/c1-13-4-6-14(7-5-13)23(12-17(24)20-18-21-22-19(28-3)29-18)30(25,26)16-10-8-15(27-2)9-11-16/h4-11H,12H2,1-3H3,(H,20,21,24). The fourth-order valence-corrected chi connectivity index (χ4v) is 5.55. The lowest BCUT2D eigenvalue weighted by Crippen LogP contribution is -2.38. The van der Waals surface area contributed by atoms with Crippen LogP contribution in [-0.4, -0.2) is 43.6 Å². The van der Waals surface area contributed by atoms with Gasteiger partial charge in [0.2, 0.25) is 11.0 Å². The lowest BCUT2D eigenvalue weighted by atomic mass is 10.2. The maximum Gasteiger partial charge on any atom is 0.264 e. The number of anilines is 2. The second-order valence-electron chi connectivity index (χ2n) is 6.15. The van der Waals surface area contributed by atoms with Crippen LogP contribution >= 0.6 is 34.9 Å². The molecule has 0 aliphatic carbocycles. The average molecular weight is 481 g/mol. The van der Waals surface area contributed by atoms with Gasteiger partial charge in [-0.25, -0.2) is 8.42 Å². The number of thioether (sulfide) groups is 2. The van der Waals surface area contributed by atoms with Gasteiger partial charge in [0.25, 0.3) is 10.0 Å². The molecule has 3 aromatic rings. The van der Waals surface area contributed by atoms with E-state index in [0.717, 1.165) is 14.8 Å². The lowest BCUT2D eigenvalue weighted by Gasteiger charge is -2.24. The fourth-order valence-electron chi connectivity index (χ4n) is 2.53. The van der Waals surface area contributed by atoms with Crippen LogP contribution in [0.3, 0.4) is 0 Å². The summed E-state index contributed by atoms with van der Waals surface area (Å²) >= 11 is 4.18. The molecule has 0 radical (unpaired) electrons. The Morgan fingerprint density at radius 3 is 2.27 bits per heavy atom. The zero-order valence-electron chi connectivity index (χ0n) is 16.5. The molecular formula is C19H20N4O3S4. The molecule has 0 unspecified atom stereocenters. The summed E-state index contributed by atoms with van der Waals surface area (Å²) in [5, 5.41) is 10.8. The van der Waals surface area contributed by atoms with E-state index in [9.17, 15) is 13.2 Å². The highest BCUT2D eigenvalue weighted by Gasteiger charge is 2.27. The van der Waals surface area contributed by atoms with Gasteiger partial charge in [-0.15, -0.1) is 22.0 Å². The molecule has 3 rings (SSSR count). The smallest absolute Gasteiger partial charge is 0.264 e. The first kappa shape index (κ1) is 22.6. The monoisotopic (exact) mass is 480 g/mol. The van der Waals surface area contributed by atoms with Crippen LogP contribution in [-0.2, 0) is 14.8 Å². The molecule has 1 N–H and O–H groups in total. The van der Waals surface area contributed by atoms with Gasteiger partial charge in [0.1, 0.15) is 6.54 Å². The van der Waals surface area contributed by atoms with E-state index in [1.54, 1.807) is 36.4 Å². The molecule has 1 heterocycles. The van der Waals surface area contributed by atoms with Crippen molar-refractivity contribution in [3.63, 3.8) is 0 Å². The van der Waals surface area contributed by atoms with Crippen molar-refractivity contribution in [2.45, 2.75) is 21.1 Å². The summed E-state index contributed by atoms with van der Waals surface area (Å²) in [5.74, 6) is -0.497. The minimum atomic E-state index is -3.95. The van der Waals surface area contributed by atoms with Gasteiger partial charge in [0, 0.05) is 4.90 Å². The van der Waals surface area contributed by atoms with Gasteiger partial charge >= 0.3 is 0 Å². The van der Waals surface area contributed by atoms with Gasteiger partial charge in [0.15, 0.2) is 4.34 Å². The van der Waals surface area contributed by atoms with Crippen LogP contribution < -0.4 is 9.62 Å². The van der Waals surface area contributed by atoms with Gasteiger partial charge in [-0.2, -0.15) is 0 Å². The second-order valence-corrected chi connectivity index (χ2v) is 10.9. The third-order valence-corrected chi connectivity index (χ3v) is 8.43. The fraction of sp³-hybridized carbons (Fsp3) is 0.211. The number of carbonyl (C=O) groups excluding carboxylic acids is 1. The van der Waals surface area contributed by atoms with Crippen LogP contribution in [0, 0.1) is 6.92 Å². The maximum absolute atomic E-state index is 13.4. The predicted octanol–water partition coefficient (Wildman–Crippen LogP) is 4.12. The highest BCUT2D eigenvalue weighted by molar-refractivity contribution is 8.00. The number of nitrogens with zero attached hydrogens (tertiary/aromatic N) is 3. The van der Waals surface area contributed by atoms with Crippen LogP contribution in [0.5, 0.6) is 0 Å². The van der Waals surface area contributed by atoms with E-state index >= 15 is 0 Å². The molecule has 158 valence electrons. The van der Waals surface area contributed by atoms with Crippen molar-refractivity contribution in [3.05, 3.63) is 54.1 Å². The summed E-state index contributed by atoms with van der Waals surface area (Å²) in [6.07, 6.45) is 3.78. The Kier molecular flexibility index (Phi) is 7.40. The minimum Gasteiger partial charge on any atom is -0.299 e. The van der Waals surface area contributed by atoms with E-state index in [4.69, 9.17) is 0 Å². The molecule has 0 aliphatic rings. The van der Waals surface area contributed by atoms with Gasteiger partial charge in [-0.05, 0) is 55.8 Å². The van der Waals surface area contributed by atoms with Crippen molar-refractivity contribution in [3.8, 4) is 0 Å². The van der Waals surface area contributed by atoms with Crippen LogP contribution in [0.1, 0.15) is 5.56 Å². The molecule has 30 heavy (non-hydrogen) atoms. The van der Waals surface area contributed by atoms with Crippen molar-refractivity contribution >= 4 is 61.6 Å². The third kappa shape index (κ3) is 5.34. The molecule has 0 spiro atoms. The molecule has 1 aromatic heterocycles. The highest BCUT2D eigenvalue weighted by Crippen LogP contribution is 2.27. The molecule has 0 aliphatic heterocycles. The molecule has 0 atom stereocenters.